The number of carbonyl (C=O) groups is 2. The van der Waals surface area contributed by atoms with Crippen LogP contribution in [0.25, 0.3) is 0 Å². The molecule has 2 aliphatic rings. The van der Waals surface area contributed by atoms with E-state index in [1.165, 1.54) is 18.5 Å². The summed E-state index contributed by atoms with van der Waals surface area (Å²) < 4.78 is 56.3. The van der Waals surface area contributed by atoms with Crippen molar-refractivity contribution in [2.75, 3.05) is 18.8 Å². The number of pyridine rings is 1. The highest BCUT2D eigenvalue weighted by atomic mass is 32.2. The maximum Gasteiger partial charge on any atom is 0.490 e. The van der Waals surface area contributed by atoms with E-state index in [0.29, 0.717) is 18.8 Å². The molecule has 168 valence electrons. The van der Waals surface area contributed by atoms with E-state index in [9.17, 15) is 22.4 Å². The number of hydrogen-bond acceptors (Lipinski definition) is 6. The zero-order valence-corrected chi connectivity index (χ0v) is 17.0. The minimum Gasteiger partial charge on any atom is -0.475 e. The molecule has 0 radical (unpaired) electrons. The quantitative estimate of drug-likeness (QED) is 0.698. The van der Waals surface area contributed by atoms with E-state index in [0.717, 1.165) is 17.7 Å². The Kier molecular flexibility index (Phi) is 6.48. The first-order valence-electron chi connectivity index (χ1n) is 9.05. The molecule has 12 heteroatoms. The predicted molar refractivity (Wildman–Crippen MR) is 101 cm³/mol. The Balaban J connectivity index is 0.000000339. The van der Waals surface area contributed by atoms with Crippen LogP contribution in [0.1, 0.15) is 22.5 Å². The molecule has 2 aliphatic heterocycles. The van der Waals surface area contributed by atoms with Crippen molar-refractivity contribution < 1.29 is 41.4 Å². The lowest BCUT2D eigenvalue weighted by molar-refractivity contribution is -0.192. The van der Waals surface area contributed by atoms with Crippen LogP contribution in [0.3, 0.4) is 0 Å². The zero-order chi connectivity index (χ0) is 22.8. The molecule has 7 nitrogen and oxygen atoms in total. The van der Waals surface area contributed by atoms with Crippen molar-refractivity contribution in [3.8, 4) is 5.88 Å². The van der Waals surface area contributed by atoms with Gasteiger partial charge in [-0.1, -0.05) is 0 Å². The number of carboxylic acid groups (broad SMARTS) is 1. The Morgan fingerprint density at radius 3 is 2.58 bits per heavy atom. The number of nitrogens with zero attached hydrogens (tertiary/aromatic N) is 2. The molecule has 0 aliphatic carbocycles. The highest BCUT2D eigenvalue weighted by molar-refractivity contribution is 8.01. The number of aryl methyl sites for hydroxylation is 1. The SMILES string of the molecule is Cc1ccoc1C(=O)N1CC2(CC(Oc3ncccc3F)CS2)C1.O=C(O)C(F)(F)F. The fraction of sp³-hybridized carbons (Fsp3) is 0.421. The summed E-state index contributed by atoms with van der Waals surface area (Å²) in [5.41, 5.74) is 0.854. The second-order valence-corrected chi connectivity index (χ2v) is 8.61. The van der Waals surface area contributed by atoms with Crippen LogP contribution < -0.4 is 4.74 Å². The number of hydrogen-bond donors (Lipinski definition) is 1. The minimum atomic E-state index is -5.08. The van der Waals surface area contributed by atoms with Crippen LogP contribution in [0.5, 0.6) is 5.88 Å². The number of rotatable bonds is 3. The summed E-state index contributed by atoms with van der Waals surface area (Å²) >= 11 is 1.79. The summed E-state index contributed by atoms with van der Waals surface area (Å²) in [7, 11) is 0. The number of amides is 1. The van der Waals surface area contributed by atoms with Gasteiger partial charge in [-0.15, -0.1) is 11.8 Å². The van der Waals surface area contributed by atoms with Crippen molar-refractivity contribution in [3.05, 3.63) is 47.8 Å². The molecule has 0 bridgehead atoms. The normalized spacial score (nSPS) is 19.4. The van der Waals surface area contributed by atoms with Crippen molar-refractivity contribution in [3.63, 3.8) is 0 Å². The highest BCUT2D eigenvalue weighted by Crippen LogP contribution is 2.46. The fourth-order valence-corrected chi connectivity index (χ4v) is 4.77. The van der Waals surface area contributed by atoms with Gasteiger partial charge in [-0.25, -0.2) is 14.2 Å². The molecule has 0 aromatic carbocycles. The second-order valence-electron chi connectivity index (χ2n) is 7.13. The lowest BCUT2D eigenvalue weighted by atomic mass is 9.92. The van der Waals surface area contributed by atoms with Crippen LogP contribution in [-0.2, 0) is 4.79 Å². The molecule has 4 rings (SSSR count). The molecule has 4 heterocycles. The van der Waals surface area contributed by atoms with E-state index in [4.69, 9.17) is 19.1 Å². The molecular weight excluding hydrogens is 444 g/mol. The first kappa shape index (κ1) is 22.9. The standard InChI is InChI=1S/C17H17FN2O3S.C2HF3O2/c1-11-4-6-22-14(11)16(21)20-9-17(10-20)7-12(8-24-17)23-15-13(18)3-2-5-19-15;3-2(4,5)1(6)7/h2-6,12H,7-10H2,1H3;(H,6,7). The van der Waals surface area contributed by atoms with E-state index in [1.807, 2.05) is 6.92 Å². The molecule has 31 heavy (non-hydrogen) atoms. The van der Waals surface area contributed by atoms with Crippen molar-refractivity contribution in [2.45, 2.75) is 30.4 Å². The molecule has 2 saturated heterocycles. The molecule has 1 N–H and O–H groups in total. The Bertz CT molecular complexity index is 959. The molecule has 1 unspecified atom stereocenters. The number of carbonyl (C=O) groups excluding carboxylic acids is 1. The monoisotopic (exact) mass is 462 g/mol. The second kappa shape index (κ2) is 8.77. The van der Waals surface area contributed by atoms with Gasteiger partial charge in [0.05, 0.1) is 11.0 Å². The Morgan fingerprint density at radius 1 is 1.35 bits per heavy atom. The average molecular weight is 462 g/mol. The van der Waals surface area contributed by atoms with Crippen LogP contribution in [0.4, 0.5) is 17.6 Å². The lowest BCUT2D eigenvalue weighted by Crippen LogP contribution is -2.60. The molecule has 1 atom stereocenters. The fourth-order valence-electron chi connectivity index (χ4n) is 3.24. The number of aromatic nitrogens is 1. The van der Waals surface area contributed by atoms with E-state index in [2.05, 4.69) is 4.98 Å². The average Bonchev–Trinajstić information content (AvgIpc) is 3.28. The van der Waals surface area contributed by atoms with Crippen LogP contribution >= 0.6 is 11.8 Å². The third-order valence-corrected chi connectivity index (χ3v) is 6.30. The Morgan fingerprint density at radius 2 is 2.03 bits per heavy atom. The molecule has 2 aromatic rings. The van der Waals surface area contributed by atoms with Crippen LogP contribution in [-0.4, -0.2) is 62.7 Å². The lowest BCUT2D eigenvalue weighted by Gasteiger charge is -2.47. The van der Waals surface area contributed by atoms with E-state index in [1.54, 1.807) is 28.8 Å². The van der Waals surface area contributed by atoms with Gasteiger partial charge in [0, 0.05) is 37.0 Å². The third-order valence-electron chi connectivity index (χ3n) is 4.72. The zero-order valence-electron chi connectivity index (χ0n) is 16.2. The summed E-state index contributed by atoms with van der Waals surface area (Å²) in [4.78, 5) is 27.0. The maximum atomic E-state index is 13.6. The largest absolute Gasteiger partial charge is 0.490 e. The number of furan rings is 1. The smallest absolute Gasteiger partial charge is 0.475 e. The molecule has 2 fully saturated rings. The number of carboxylic acids is 1. The van der Waals surface area contributed by atoms with Gasteiger partial charge >= 0.3 is 12.1 Å². The van der Waals surface area contributed by atoms with Gasteiger partial charge in [-0.3, -0.25) is 4.79 Å². The van der Waals surface area contributed by atoms with Crippen molar-refractivity contribution in [1.82, 2.24) is 9.88 Å². The molecule has 2 aromatic heterocycles. The number of halogens is 4. The van der Waals surface area contributed by atoms with E-state index >= 15 is 0 Å². The first-order chi connectivity index (χ1) is 14.5. The van der Waals surface area contributed by atoms with Gasteiger partial charge < -0.3 is 19.2 Å². The summed E-state index contributed by atoms with van der Waals surface area (Å²) in [6, 6.07) is 4.67. The van der Waals surface area contributed by atoms with Gasteiger partial charge in [0.15, 0.2) is 11.6 Å². The third kappa shape index (κ3) is 5.30. The van der Waals surface area contributed by atoms with Gasteiger partial charge in [-0.2, -0.15) is 13.2 Å². The van der Waals surface area contributed by atoms with Gasteiger partial charge in [0.25, 0.3) is 11.8 Å². The van der Waals surface area contributed by atoms with Crippen LogP contribution in [0, 0.1) is 12.7 Å². The van der Waals surface area contributed by atoms with Gasteiger partial charge in [0.1, 0.15) is 6.10 Å². The molecule has 0 saturated carbocycles. The van der Waals surface area contributed by atoms with Crippen LogP contribution in [0.15, 0.2) is 35.1 Å². The Labute approximate surface area is 178 Å². The Hall–Kier alpha value is -2.76. The molecular formula is C19H18F4N2O5S. The number of aliphatic carboxylic acids is 1. The maximum absolute atomic E-state index is 13.6. The van der Waals surface area contributed by atoms with Gasteiger partial charge in [0.2, 0.25) is 0 Å². The van der Waals surface area contributed by atoms with Gasteiger partial charge in [-0.05, 0) is 25.1 Å². The summed E-state index contributed by atoms with van der Waals surface area (Å²) in [5.74, 6) is -2.02. The number of thioether (sulfide) groups is 1. The van der Waals surface area contributed by atoms with E-state index < -0.39 is 18.0 Å². The minimum absolute atomic E-state index is 0.00603. The summed E-state index contributed by atoms with van der Waals surface area (Å²) in [6.45, 7) is 3.20. The first-order valence-corrected chi connectivity index (χ1v) is 10.0. The van der Waals surface area contributed by atoms with Crippen LogP contribution in [0.2, 0.25) is 0 Å². The molecule has 1 spiro atoms. The van der Waals surface area contributed by atoms with E-state index in [-0.39, 0.29) is 22.6 Å². The predicted octanol–water partition coefficient (Wildman–Crippen LogP) is 3.53. The van der Waals surface area contributed by atoms with Crippen molar-refractivity contribution >= 4 is 23.6 Å². The van der Waals surface area contributed by atoms with Crippen molar-refractivity contribution in [2.24, 2.45) is 0 Å². The molecule has 1 amide bonds. The topological polar surface area (TPSA) is 92.9 Å². The summed E-state index contributed by atoms with van der Waals surface area (Å²) in [6.07, 6.45) is -1.32. The van der Waals surface area contributed by atoms with Crippen molar-refractivity contribution in [1.29, 1.82) is 0 Å². The number of likely N-dealkylation sites (tertiary alicyclic amines) is 1. The number of alkyl halides is 3. The highest BCUT2D eigenvalue weighted by Gasteiger charge is 2.52. The summed E-state index contributed by atoms with van der Waals surface area (Å²) in [5, 5.41) is 7.12. The number of ether oxygens (including phenoxy) is 1.